The van der Waals surface area contributed by atoms with Gasteiger partial charge >= 0.3 is 0 Å². The van der Waals surface area contributed by atoms with Gasteiger partial charge in [-0.15, -0.1) is 11.3 Å². The molecule has 0 aliphatic carbocycles. The maximum atomic E-state index is 13.1. The molecule has 2 unspecified atom stereocenters. The van der Waals surface area contributed by atoms with Crippen LogP contribution in [0.15, 0.2) is 24.3 Å². The van der Waals surface area contributed by atoms with Crippen molar-refractivity contribution in [1.29, 1.82) is 0 Å². The van der Waals surface area contributed by atoms with Crippen molar-refractivity contribution in [3.8, 4) is 0 Å². The summed E-state index contributed by atoms with van der Waals surface area (Å²) in [6, 6.07) is 5.94. The summed E-state index contributed by atoms with van der Waals surface area (Å²) in [5.41, 5.74) is 2.08. The van der Waals surface area contributed by atoms with Gasteiger partial charge in [0.15, 0.2) is 5.01 Å². The minimum absolute atomic E-state index is 0.0612. The van der Waals surface area contributed by atoms with E-state index in [1.807, 2.05) is 7.05 Å². The van der Waals surface area contributed by atoms with Crippen LogP contribution in [-0.2, 0) is 23.0 Å². The Hall–Kier alpha value is -2.51. The van der Waals surface area contributed by atoms with Gasteiger partial charge in [-0.25, -0.2) is 13.4 Å². The van der Waals surface area contributed by atoms with Gasteiger partial charge in [-0.2, -0.15) is 4.31 Å². The molecule has 0 radical (unpaired) electrons. The second kappa shape index (κ2) is 9.75. The zero-order valence-corrected chi connectivity index (χ0v) is 22.3. The molecule has 2 aliphatic rings. The standard InChI is InChI=1S/C23H27ClN6O4S2/c1-29-7-5-17-20(12-29)35-23(28-17)22(32)27-19-11-30(36(2,33)34)8-6-16(19)26-21(31)18-10-13-9-14(24)3-4-15(13)25-18/h3-4,9-10,16,19,25H,5-8,11-12H2,1-2H3,(H,26,31)(H,27,32). The zero-order chi connectivity index (χ0) is 25.6. The normalized spacial score (nSPS) is 21.3. The Kier molecular flexibility index (Phi) is 6.81. The Morgan fingerprint density at radius 3 is 2.72 bits per heavy atom. The first-order valence-corrected chi connectivity index (χ1v) is 14.6. The van der Waals surface area contributed by atoms with Crippen molar-refractivity contribution < 1.29 is 18.0 Å². The lowest BCUT2D eigenvalue weighted by atomic mass is 10.0. The van der Waals surface area contributed by atoms with Gasteiger partial charge in [-0.05, 0) is 37.7 Å². The fraction of sp³-hybridized carbons (Fsp3) is 0.435. The van der Waals surface area contributed by atoms with E-state index in [9.17, 15) is 18.0 Å². The summed E-state index contributed by atoms with van der Waals surface area (Å²) in [5.74, 6) is -0.705. The number of piperidine rings is 1. The Morgan fingerprint density at radius 2 is 1.94 bits per heavy atom. The predicted molar refractivity (Wildman–Crippen MR) is 139 cm³/mol. The van der Waals surface area contributed by atoms with Crippen molar-refractivity contribution in [2.24, 2.45) is 0 Å². The third kappa shape index (κ3) is 5.28. The number of H-pyrrole nitrogens is 1. The number of aromatic amines is 1. The van der Waals surface area contributed by atoms with E-state index < -0.39 is 22.1 Å². The van der Waals surface area contributed by atoms with Crippen LogP contribution in [0.2, 0.25) is 5.02 Å². The number of sulfonamides is 1. The van der Waals surface area contributed by atoms with Gasteiger partial charge in [0.2, 0.25) is 10.0 Å². The van der Waals surface area contributed by atoms with Crippen LogP contribution < -0.4 is 10.6 Å². The molecule has 192 valence electrons. The van der Waals surface area contributed by atoms with Crippen molar-refractivity contribution in [2.75, 3.05) is 32.9 Å². The molecule has 1 saturated heterocycles. The monoisotopic (exact) mass is 550 g/mol. The van der Waals surface area contributed by atoms with Crippen LogP contribution >= 0.6 is 22.9 Å². The van der Waals surface area contributed by atoms with E-state index in [1.54, 1.807) is 24.3 Å². The highest BCUT2D eigenvalue weighted by atomic mass is 35.5. The molecule has 10 nitrogen and oxygen atoms in total. The van der Waals surface area contributed by atoms with Gasteiger partial charge in [0.05, 0.1) is 24.0 Å². The van der Waals surface area contributed by atoms with E-state index in [1.165, 1.54) is 15.6 Å². The number of carbonyl (C=O) groups excluding carboxylic acids is 2. The predicted octanol–water partition coefficient (Wildman–Crippen LogP) is 1.83. The number of thiazole rings is 1. The molecule has 3 aromatic rings. The third-order valence-electron chi connectivity index (χ3n) is 6.62. The molecule has 0 spiro atoms. The molecule has 2 aromatic heterocycles. The number of carbonyl (C=O) groups is 2. The second-order valence-corrected chi connectivity index (χ2v) is 12.9. The first kappa shape index (κ1) is 25.2. The summed E-state index contributed by atoms with van der Waals surface area (Å²) in [4.78, 5) is 37.1. The van der Waals surface area contributed by atoms with Gasteiger partial charge in [0, 0.05) is 53.4 Å². The second-order valence-electron chi connectivity index (χ2n) is 9.36. The van der Waals surface area contributed by atoms with E-state index in [0.29, 0.717) is 22.1 Å². The van der Waals surface area contributed by atoms with Crippen LogP contribution in [0.25, 0.3) is 10.9 Å². The minimum Gasteiger partial charge on any atom is -0.351 e. The summed E-state index contributed by atoms with van der Waals surface area (Å²) in [6.45, 7) is 1.94. The number of hydrogen-bond donors (Lipinski definition) is 3. The van der Waals surface area contributed by atoms with Gasteiger partial charge in [-0.1, -0.05) is 11.6 Å². The van der Waals surface area contributed by atoms with Gasteiger partial charge in [0.25, 0.3) is 11.8 Å². The molecular formula is C23H27ClN6O4S2. The number of likely N-dealkylation sites (N-methyl/N-ethyl adjacent to an activating group) is 1. The number of benzene rings is 1. The van der Waals surface area contributed by atoms with Crippen LogP contribution in [0.5, 0.6) is 0 Å². The van der Waals surface area contributed by atoms with Gasteiger partial charge in [0.1, 0.15) is 5.69 Å². The first-order chi connectivity index (χ1) is 17.1. The molecule has 0 saturated carbocycles. The van der Waals surface area contributed by atoms with Crippen molar-refractivity contribution in [1.82, 2.24) is 29.8 Å². The van der Waals surface area contributed by atoms with Crippen LogP contribution in [0.4, 0.5) is 0 Å². The third-order valence-corrected chi connectivity index (χ3v) is 9.21. The molecule has 36 heavy (non-hydrogen) atoms. The Bertz CT molecular complexity index is 1440. The fourth-order valence-electron chi connectivity index (χ4n) is 4.66. The highest BCUT2D eigenvalue weighted by molar-refractivity contribution is 7.88. The minimum atomic E-state index is -3.46. The van der Waals surface area contributed by atoms with E-state index in [2.05, 4.69) is 25.5 Å². The van der Waals surface area contributed by atoms with Crippen LogP contribution in [0.1, 0.15) is 37.3 Å². The number of hydrogen-bond acceptors (Lipinski definition) is 7. The summed E-state index contributed by atoms with van der Waals surface area (Å²) >= 11 is 7.41. The lowest BCUT2D eigenvalue weighted by molar-refractivity contribution is 0.0847. The van der Waals surface area contributed by atoms with E-state index in [0.717, 1.165) is 47.2 Å². The zero-order valence-electron chi connectivity index (χ0n) is 19.9. The molecule has 0 bridgehead atoms. The van der Waals surface area contributed by atoms with Gasteiger partial charge < -0.3 is 20.5 Å². The maximum absolute atomic E-state index is 13.1. The summed E-state index contributed by atoms with van der Waals surface area (Å²) in [6.07, 6.45) is 2.29. The molecule has 13 heteroatoms. The first-order valence-electron chi connectivity index (χ1n) is 11.6. The average molecular weight is 551 g/mol. The molecule has 5 rings (SSSR count). The van der Waals surface area contributed by atoms with Gasteiger partial charge in [-0.3, -0.25) is 9.59 Å². The van der Waals surface area contributed by atoms with Crippen molar-refractivity contribution in [3.05, 3.63) is 50.6 Å². The topological polar surface area (TPSA) is 128 Å². The number of nitrogens with zero attached hydrogens (tertiary/aromatic N) is 3. The Balaban J connectivity index is 1.34. The number of halogens is 1. The quantitative estimate of drug-likeness (QED) is 0.445. The molecule has 2 atom stereocenters. The number of fused-ring (bicyclic) bond motifs is 2. The highest BCUT2D eigenvalue weighted by Gasteiger charge is 2.36. The summed E-state index contributed by atoms with van der Waals surface area (Å²) in [7, 11) is -1.43. The molecule has 1 fully saturated rings. The lowest BCUT2D eigenvalue weighted by Gasteiger charge is -2.37. The van der Waals surface area contributed by atoms with E-state index in [-0.39, 0.29) is 24.9 Å². The molecule has 3 N–H and O–H groups in total. The van der Waals surface area contributed by atoms with Crippen molar-refractivity contribution >= 4 is 55.7 Å². The smallest absolute Gasteiger partial charge is 0.280 e. The number of nitrogens with one attached hydrogen (secondary N) is 3. The van der Waals surface area contributed by atoms with Crippen LogP contribution in [-0.4, -0.2) is 84.4 Å². The highest BCUT2D eigenvalue weighted by Crippen LogP contribution is 2.25. The number of aromatic nitrogens is 2. The Labute approximate surface area is 218 Å². The van der Waals surface area contributed by atoms with Crippen molar-refractivity contribution in [3.63, 3.8) is 0 Å². The molecule has 4 heterocycles. The SMILES string of the molecule is CN1CCc2nc(C(=O)NC3CN(S(C)(=O)=O)CCC3NC(=O)c3cc4cc(Cl)ccc4[nH]3)sc2C1. The molecule has 2 aliphatic heterocycles. The summed E-state index contributed by atoms with van der Waals surface area (Å²) in [5, 5.41) is 7.66. The largest absolute Gasteiger partial charge is 0.351 e. The fourth-order valence-corrected chi connectivity index (χ4v) is 6.81. The lowest BCUT2D eigenvalue weighted by Crippen LogP contribution is -2.61. The molecule has 2 amide bonds. The maximum Gasteiger partial charge on any atom is 0.280 e. The van der Waals surface area contributed by atoms with Crippen LogP contribution in [0.3, 0.4) is 0 Å². The average Bonchev–Trinajstić information content (AvgIpc) is 3.43. The van der Waals surface area contributed by atoms with Crippen LogP contribution in [0, 0.1) is 0 Å². The molecule has 1 aromatic carbocycles. The summed E-state index contributed by atoms with van der Waals surface area (Å²) < 4.78 is 25.8. The number of amides is 2. The van der Waals surface area contributed by atoms with Crippen molar-refractivity contribution in [2.45, 2.75) is 31.5 Å². The van der Waals surface area contributed by atoms with E-state index in [4.69, 9.17) is 11.6 Å². The Morgan fingerprint density at radius 1 is 1.17 bits per heavy atom. The molecular weight excluding hydrogens is 524 g/mol. The number of rotatable bonds is 5. The van der Waals surface area contributed by atoms with E-state index >= 15 is 0 Å².